The first kappa shape index (κ1) is 30.2. The third-order valence-corrected chi connectivity index (χ3v) is 7.26. The van der Waals surface area contributed by atoms with Gasteiger partial charge in [-0.05, 0) is 41.8 Å². The van der Waals surface area contributed by atoms with E-state index in [4.69, 9.17) is 9.47 Å². The fourth-order valence-electron chi connectivity index (χ4n) is 4.83. The molecule has 2 heterocycles. The van der Waals surface area contributed by atoms with Crippen LogP contribution in [0.4, 0.5) is 19.0 Å². The number of aromatic nitrogens is 2. The van der Waals surface area contributed by atoms with Gasteiger partial charge < -0.3 is 14.8 Å². The molecule has 0 unspecified atom stereocenters. The Morgan fingerprint density at radius 1 is 0.953 bits per heavy atom. The zero-order chi connectivity index (χ0) is 30.8. The molecule has 1 N–H and O–H groups in total. The Kier molecular flexibility index (Phi) is 8.57. The molecule has 5 rings (SSSR count). The molecule has 1 fully saturated rings. The number of hydrogen-bond acceptors (Lipinski definition) is 6. The van der Waals surface area contributed by atoms with Gasteiger partial charge >= 0.3 is 6.18 Å². The average molecular weight is 595 g/mol. The maximum atomic E-state index is 13.5. The predicted molar refractivity (Wildman–Crippen MR) is 157 cm³/mol. The van der Waals surface area contributed by atoms with E-state index in [1.165, 1.54) is 16.8 Å². The van der Waals surface area contributed by atoms with E-state index in [1.807, 2.05) is 32.9 Å². The molecule has 0 spiro atoms. The standard InChI is InChI=1S/C32H33F3N4O4/c1-31(2,3)27-20-28(39(37-27)22-10-8-21(9-11-22)32(33,34)35)36-30(41)29(40)25-12-13-26(24-7-5-4-6-23(24)25)43-19-16-38-14-17-42-18-15-38/h4-13,20H,14-19H2,1-3H3,(H,36,41). The first-order chi connectivity index (χ1) is 20.4. The quantitative estimate of drug-likeness (QED) is 0.203. The highest BCUT2D eigenvalue weighted by molar-refractivity contribution is 6.48. The molecule has 1 amide bonds. The molecule has 226 valence electrons. The molecule has 8 nitrogen and oxygen atoms in total. The van der Waals surface area contributed by atoms with Crippen molar-refractivity contribution < 1.29 is 32.2 Å². The number of amides is 1. The van der Waals surface area contributed by atoms with Gasteiger partial charge in [0.1, 0.15) is 18.2 Å². The lowest BCUT2D eigenvalue weighted by Gasteiger charge is -2.26. The van der Waals surface area contributed by atoms with Crippen molar-refractivity contribution in [3.8, 4) is 11.4 Å². The van der Waals surface area contributed by atoms with Gasteiger partial charge in [-0.25, -0.2) is 4.68 Å². The molecule has 0 aliphatic carbocycles. The number of Topliss-reactive ketones (excluding diaryl/α,β-unsaturated/α-hetero) is 1. The molecule has 1 aromatic heterocycles. The Morgan fingerprint density at radius 3 is 2.28 bits per heavy atom. The molecule has 1 aliphatic heterocycles. The SMILES string of the molecule is CC(C)(C)c1cc(NC(=O)C(=O)c2ccc(OCCN3CCOCC3)c3ccccc23)n(-c2ccc(C(F)(F)F)cc2)n1. The zero-order valence-electron chi connectivity index (χ0n) is 24.2. The van der Waals surface area contributed by atoms with Crippen molar-refractivity contribution in [1.82, 2.24) is 14.7 Å². The van der Waals surface area contributed by atoms with Crippen LogP contribution in [0.5, 0.6) is 5.75 Å². The third-order valence-electron chi connectivity index (χ3n) is 7.26. The molecular weight excluding hydrogens is 561 g/mol. The van der Waals surface area contributed by atoms with Gasteiger partial charge in [0.15, 0.2) is 0 Å². The van der Waals surface area contributed by atoms with E-state index in [1.54, 1.807) is 30.3 Å². The van der Waals surface area contributed by atoms with Crippen molar-refractivity contribution in [1.29, 1.82) is 0 Å². The largest absolute Gasteiger partial charge is 0.492 e. The van der Waals surface area contributed by atoms with Crippen LogP contribution in [0.25, 0.3) is 16.5 Å². The summed E-state index contributed by atoms with van der Waals surface area (Å²) in [4.78, 5) is 29.1. The molecule has 0 bridgehead atoms. The summed E-state index contributed by atoms with van der Waals surface area (Å²) in [5, 5.41) is 8.44. The number of benzene rings is 3. The van der Waals surface area contributed by atoms with Gasteiger partial charge in [-0.3, -0.25) is 14.5 Å². The van der Waals surface area contributed by atoms with Crippen LogP contribution in [-0.2, 0) is 21.1 Å². The molecule has 3 aromatic carbocycles. The van der Waals surface area contributed by atoms with Crippen LogP contribution < -0.4 is 10.1 Å². The van der Waals surface area contributed by atoms with Crippen LogP contribution in [0.2, 0.25) is 0 Å². The van der Waals surface area contributed by atoms with Gasteiger partial charge in [-0.15, -0.1) is 0 Å². The number of nitrogens with zero attached hydrogens (tertiary/aromatic N) is 3. The van der Waals surface area contributed by atoms with E-state index in [-0.39, 0.29) is 11.4 Å². The minimum atomic E-state index is -4.49. The summed E-state index contributed by atoms with van der Waals surface area (Å²) in [6.45, 7) is 10.0. The molecule has 0 atom stereocenters. The van der Waals surface area contributed by atoms with Gasteiger partial charge in [0.2, 0.25) is 0 Å². The Labute approximate surface area is 247 Å². The van der Waals surface area contributed by atoms with Gasteiger partial charge in [-0.2, -0.15) is 18.3 Å². The number of ether oxygens (including phenoxy) is 2. The number of hydrogen-bond donors (Lipinski definition) is 1. The highest BCUT2D eigenvalue weighted by Crippen LogP contribution is 2.32. The number of carbonyl (C=O) groups is 2. The molecule has 11 heteroatoms. The maximum absolute atomic E-state index is 13.5. The number of rotatable bonds is 8. The molecule has 4 aromatic rings. The smallest absolute Gasteiger partial charge is 0.416 e. The number of anilines is 1. The zero-order valence-corrected chi connectivity index (χ0v) is 24.2. The lowest BCUT2D eigenvalue weighted by molar-refractivity contribution is -0.137. The van der Waals surface area contributed by atoms with E-state index < -0.39 is 28.8 Å². The van der Waals surface area contributed by atoms with Crippen LogP contribution in [0, 0.1) is 0 Å². The first-order valence-electron chi connectivity index (χ1n) is 14.0. The van der Waals surface area contributed by atoms with Crippen LogP contribution in [0.15, 0.2) is 66.7 Å². The number of morpholine rings is 1. The maximum Gasteiger partial charge on any atom is 0.416 e. The minimum Gasteiger partial charge on any atom is -0.492 e. The molecule has 43 heavy (non-hydrogen) atoms. The summed E-state index contributed by atoms with van der Waals surface area (Å²) in [6.07, 6.45) is -4.49. The Balaban J connectivity index is 1.38. The Morgan fingerprint density at radius 2 is 1.63 bits per heavy atom. The summed E-state index contributed by atoms with van der Waals surface area (Å²) in [7, 11) is 0. The highest BCUT2D eigenvalue weighted by atomic mass is 19.4. The second kappa shape index (κ2) is 12.2. The second-order valence-electron chi connectivity index (χ2n) is 11.4. The fourth-order valence-corrected chi connectivity index (χ4v) is 4.83. The van der Waals surface area contributed by atoms with Crippen LogP contribution in [0.1, 0.15) is 42.4 Å². The third kappa shape index (κ3) is 6.89. The van der Waals surface area contributed by atoms with E-state index >= 15 is 0 Å². The van der Waals surface area contributed by atoms with Gasteiger partial charge in [-0.1, -0.05) is 45.0 Å². The van der Waals surface area contributed by atoms with E-state index in [0.717, 1.165) is 31.8 Å². The Hall–Kier alpha value is -4.22. The monoisotopic (exact) mass is 594 g/mol. The molecule has 1 saturated heterocycles. The van der Waals surface area contributed by atoms with Crippen molar-refractivity contribution >= 4 is 28.3 Å². The number of fused-ring (bicyclic) bond motifs is 1. The van der Waals surface area contributed by atoms with E-state index in [0.29, 0.717) is 47.7 Å². The van der Waals surface area contributed by atoms with Crippen LogP contribution >= 0.6 is 0 Å². The fraction of sp³-hybridized carbons (Fsp3) is 0.344. The Bertz CT molecular complexity index is 1620. The highest BCUT2D eigenvalue weighted by Gasteiger charge is 2.30. The number of alkyl halides is 3. The average Bonchev–Trinajstić information content (AvgIpc) is 3.41. The second-order valence-corrected chi connectivity index (χ2v) is 11.4. The summed E-state index contributed by atoms with van der Waals surface area (Å²) < 4.78 is 52.2. The molecule has 1 aliphatic rings. The van der Waals surface area contributed by atoms with Crippen LogP contribution in [0.3, 0.4) is 0 Å². The molecular formula is C32H33F3N4O4. The summed E-state index contributed by atoms with van der Waals surface area (Å²) in [5.41, 5.74) is -0.158. The number of nitrogens with one attached hydrogen (secondary N) is 1. The van der Waals surface area contributed by atoms with Crippen LogP contribution in [-0.4, -0.2) is 65.8 Å². The summed E-state index contributed by atoms with van der Waals surface area (Å²) in [6, 6.07) is 16.5. The molecule has 0 saturated carbocycles. The lowest BCUT2D eigenvalue weighted by Crippen LogP contribution is -2.38. The van der Waals surface area contributed by atoms with Gasteiger partial charge in [0, 0.05) is 42.1 Å². The number of halogens is 3. The molecule has 0 radical (unpaired) electrons. The predicted octanol–water partition coefficient (Wildman–Crippen LogP) is 5.87. The van der Waals surface area contributed by atoms with Crippen molar-refractivity contribution in [3.63, 3.8) is 0 Å². The number of ketones is 1. The van der Waals surface area contributed by atoms with Crippen molar-refractivity contribution in [2.75, 3.05) is 44.8 Å². The van der Waals surface area contributed by atoms with Gasteiger partial charge in [0.05, 0.1) is 30.2 Å². The van der Waals surface area contributed by atoms with Crippen molar-refractivity contribution in [2.45, 2.75) is 32.4 Å². The van der Waals surface area contributed by atoms with Gasteiger partial charge in [0.25, 0.3) is 11.7 Å². The van der Waals surface area contributed by atoms with Crippen molar-refractivity contribution in [2.24, 2.45) is 0 Å². The van der Waals surface area contributed by atoms with E-state index in [2.05, 4.69) is 15.3 Å². The minimum absolute atomic E-state index is 0.162. The van der Waals surface area contributed by atoms with Crippen molar-refractivity contribution in [3.05, 3.63) is 83.6 Å². The number of carbonyl (C=O) groups excluding carboxylic acids is 2. The summed E-state index contributed by atoms with van der Waals surface area (Å²) in [5.74, 6) is -0.903. The first-order valence-corrected chi connectivity index (χ1v) is 14.0. The lowest BCUT2D eigenvalue weighted by atomic mass is 9.92. The topological polar surface area (TPSA) is 85.7 Å². The normalized spacial score (nSPS) is 14.6. The van der Waals surface area contributed by atoms with E-state index in [9.17, 15) is 22.8 Å². The summed E-state index contributed by atoms with van der Waals surface area (Å²) >= 11 is 0.